The van der Waals surface area contributed by atoms with Crippen molar-refractivity contribution in [3.63, 3.8) is 0 Å². The van der Waals surface area contributed by atoms with Crippen molar-refractivity contribution in [2.24, 2.45) is 5.73 Å². The molecule has 1 amide bonds. The molecule has 0 spiro atoms. The van der Waals surface area contributed by atoms with Crippen molar-refractivity contribution in [1.29, 1.82) is 0 Å². The van der Waals surface area contributed by atoms with Crippen LogP contribution in [0, 0.1) is 6.92 Å². The maximum absolute atomic E-state index is 11.8. The monoisotopic (exact) mass is 401 g/mol. The molecule has 150 valence electrons. The van der Waals surface area contributed by atoms with Crippen LogP contribution in [0.4, 0.5) is 5.82 Å². The van der Waals surface area contributed by atoms with E-state index in [0.29, 0.717) is 35.0 Å². The molecule has 0 saturated heterocycles. The predicted molar refractivity (Wildman–Crippen MR) is 115 cm³/mol. The van der Waals surface area contributed by atoms with E-state index in [-0.39, 0.29) is 5.59 Å². The van der Waals surface area contributed by atoms with Gasteiger partial charge in [-0.05, 0) is 36.2 Å². The van der Waals surface area contributed by atoms with Crippen molar-refractivity contribution in [3.8, 4) is 11.4 Å². The van der Waals surface area contributed by atoms with Gasteiger partial charge in [0.1, 0.15) is 11.5 Å². The lowest BCUT2D eigenvalue weighted by atomic mass is 9.86. The van der Waals surface area contributed by atoms with E-state index in [1.807, 2.05) is 43.3 Å². The molecule has 0 aliphatic rings. The van der Waals surface area contributed by atoms with Crippen molar-refractivity contribution in [2.45, 2.75) is 13.5 Å². The number of aromatic nitrogens is 3. The number of hydrogen-bond donors (Lipinski definition) is 4. The summed E-state index contributed by atoms with van der Waals surface area (Å²) in [5.41, 5.74) is 9.16. The molecule has 1 aromatic carbocycles. The van der Waals surface area contributed by atoms with Gasteiger partial charge in [-0.2, -0.15) is 0 Å². The molecule has 0 aliphatic carbocycles. The van der Waals surface area contributed by atoms with Crippen LogP contribution in [0.5, 0.6) is 0 Å². The SMILES string of the molecule is Cc1cn2c(C(N)=O)cccc2c1-c1nc(NCc2ccccc2)cc(B(O)O)n1. The number of nitrogens with two attached hydrogens (primary N) is 1. The number of nitrogens with zero attached hydrogens (tertiary/aromatic N) is 3. The fourth-order valence-electron chi connectivity index (χ4n) is 3.40. The van der Waals surface area contributed by atoms with E-state index in [1.165, 1.54) is 6.07 Å². The Labute approximate surface area is 173 Å². The van der Waals surface area contributed by atoms with Gasteiger partial charge in [-0.15, -0.1) is 0 Å². The van der Waals surface area contributed by atoms with E-state index in [2.05, 4.69) is 15.3 Å². The number of fused-ring (bicyclic) bond motifs is 1. The molecule has 5 N–H and O–H groups in total. The molecule has 4 rings (SSSR count). The van der Waals surface area contributed by atoms with Crippen LogP contribution in [0.1, 0.15) is 21.6 Å². The van der Waals surface area contributed by atoms with Gasteiger partial charge in [0.25, 0.3) is 5.91 Å². The minimum Gasteiger partial charge on any atom is -0.422 e. The average Bonchev–Trinajstić information content (AvgIpc) is 3.08. The summed E-state index contributed by atoms with van der Waals surface area (Å²) in [6.07, 6.45) is 1.78. The van der Waals surface area contributed by atoms with Gasteiger partial charge in [0, 0.05) is 18.3 Å². The first-order valence-corrected chi connectivity index (χ1v) is 9.38. The lowest BCUT2D eigenvalue weighted by Gasteiger charge is -2.11. The highest BCUT2D eigenvalue weighted by Gasteiger charge is 2.21. The van der Waals surface area contributed by atoms with Crippen LogP contribution in [-0.4, -0.2) is 37.4 Å². The second-order valence-electron chi connectivity index (χ2n) is 6.93. The molecule has 0 fully saturated rings. The summed E-state index contributed by atoms with van der Waals surface area (Å²) in [4.78, 5) is 20.7. The molecule has 0 atom stereocenters. The van der Waals surface area contributed by atoms with E-state index < -0.39 is 13.0 Å². The molecule has 0 bridgehead atoms. The topological polar surface area (TPSA) is 126 Å². The van der Waals surface area contributed by atoms with Crippen LogP contribution in [0.15, 0.2) is 60.8 Å². The molecule has 8 nitrogen and oxygen atoms in total. The highest BCUT2D eigenvalue weighted by molar-refractivity contribution is 6.57. The highest BCUT2D eigenvalue weighted by atomic mass is 16.4. The Bertz CT molecular complexity index is 1220. The standard InChI is InChI=1S/C21H20BN5O3/c1-13-12-27-15(8-5-9-16(27)20(23)28)19(13)21-25-17(22(29)30)10-18(26-21)24-11-14-6-3-2-4-7-14/h2-10,12,29-30H,11H2,1H3,(H2,23,28)(H,24,25,26). The molecule has 9 heteroatoms. The van der Waals surface area contributed by atoms with Gasteiger partial charge in [0.05, 0.1) is 11.1 Å². The largest absolute Gasteiger partial charge is 0.508 e. The molecule has 0 radical (unpaired) electrons. The zero-order valence-electron chi connectivity index (χ0n) is 16.3. The fourth-order valence-corrected chi connectivity index (χ4v) is 3.40. The van der Waals surface area contributed by atoms with Gasteiger partial charge in [0.15, 0.2) is 5.82 Å². The van der Waals surface area contributed by atoms with Gasteiger partial charge < -0.3 is 25.5 Å². The zero-order chi connectivity index (χ0) is 21.3. The number of rotatable bonds is 6. The molecular formula is C21H20BN5O3. The smallest absolute Gasteiger partial charge is 0.422 e. The first-order chi connectivity index (χ1) is 14.4. The number of amides is 1. The molecule has 4 aromatic rings. The number of pyridine rings is 1. The number of hydrogen-bond acceptors (Lipinski definition) is 6. The lowest BCUT2D eigenvalue weighted by molar-refractivity contribution is 0.0994. The number of anilines is 1. The molecule has 0 saturated carbocycles. The van der Waals surface area contributed by atoms with Gasteiger partial charge in [0.2, 0.25) is 0 Å². The minimum absolute atomic E-state index is 0.0698. The highest BCUT2D eigenvalue weighted by Crippen LogP contribution is 2.28. The van der Waals surface area contributed by atoms with Gasteiger partial charge in [-0.3, -0.25) is 4.79 Å². The molecule has 3 aromatic heterocycles. The number of benzene rings is 1. The Morgan fingerprint density at radius 2 is 1.90 bits per heavy atom. The Kier molecular flexibility index (Phi) is 5.22. The summed E-state index contributed by atoms with van der Waals surface area (Å²) >= 11 is 0. The van der Waals surface area contributed by atoms with Gasteiger partial charge in [-0.25, -0.2) is 9.97 Å². The van der Waals surface area contributed by atoms with Gasteiger partial charge in [-0.1, -0.05) is 36.4 Å². The molecule has 0 aliphatic heterocycles. The lowest BCUT2D eigenvalue weighted by Crippen LogP contribution is -2.33. The number of carbonyl (C=O) groups excluding carboxylic acids is 1. The first kappa shape index (κ1) is 19.6. The Morgan fingerprint density at radius 1 is 1.13 bits per heavy atom. The summed E-state index contributed by atoms with van der Waals surface area (Å²) in [5.74, 6) is 0.224. The minimum atomic E-state index is -1.75. The summed E-state index contributed by atoms with van der Waals surface area (Å²) in [6, 6.07) is 16.5. The maximum atomic E-state index is 11.8. The van der Waals surface area contributed by atoms with Gasteiger partial charge >= 0.3 is 7.12 Å². The van der Waals surface area contributed by atoms with Crippen molar-refractivity contribution >= 4 is 30.0 Å². The number of nitrogens with one attached hydrogen (secondary N) is 1. The Balaban J connectivity index is 1.80. The van der Waals surface area contributed by atoms with Crippen LogP contribution >= 0.6 is 0 Å². The Morgan fingerprint density at radius 3 is 2.60 bits per heavy atom. The summed E-state index contributed by atoms with van der Waals surface area (Å²) in [7, 11) is -1.75. The maximum Gasteiger partial charge on any atom is 0.508 e. The normalized spacial score (nSPS) is 10.9. The van der Waals surface area contributed by atoms with E-state index in [9.17, 15) is 14.8 Å². The molecule has 0 unspecified atom stereocenters. The van der Waals surface area contributed by atoms with E-state index >= 15 is 0 Å². The predicted octanol–water partition coefficient (Wildman–Crippen LogP) is 1.10. The van der Waals surface area contributed by atoms with Crippen molar-refractivity contribution in [3.05, 3.63) is 77.6 Å². The Hall–Kier alpha value is -3.69. The average molecular weight is 401 g/mol. The molecular weight excluding hydrogens is 381 g/mol. The van der Waals surface area contributed by atoms with Crippen LogP contribution in [0.3, 0.4) is 0 Å². The van der Waals surface area contributed by atoms with E-state index in [4.69, 9.17) is 5.73 Å². The summed E-state index contributed by atoms with van der Waals surface area (Å²) < 4.78 is 1.69. The van der Waals surface area contributed by atoms with Crippen molar-refractivity contribution < 1.29 is 14.8 Å². The number of aryl methyl sites for hydroxylation is 1. The van der Waals surface area contributed by atoms with Crippen LogP contribution in [0.2, 0.25) is 0 Å². The molecule has 3 heterocycles. The summed E-state index contributed by atoms with van der Waals surface area (Å²) in [6.45, 7) is 2.38. The first-order valence-electron chi connectivity index (χ1n) is 9.38. The van der Waals surface area contributed by atoms with Crippen LogP contribution in [-0.2, 0) is 6.54 Å². The van der Waals surface area contributed by atoms with Crippen LogP contribution < -0.4 is 16.6 Å². The third-order valence-electron chi connectivity index (χ3n) is 4.80. The van der Waals surface area contributed by atoms with Crippen LogP contribution in [0.25, 0.3) is 16.9 Å². The van der Waals surface area contributed by atoms with E-state index in [1.54, 1.807) is 22.7 Å². The fraction of sp³-hybridized carbons (Fsp3) is 0.0952. The third kappa shape index (κ3) is 3.76. The second-order valence-corrected chi connectivity index (χ2v) is 6.93. The number of carbonyl (C=O) groups is 1. The quantitative estimate of drug-likeness (QED) is 0.359. The number of primary amides is 1. The van der Waals surface area contributed by atoms with Crippen molar-refractivity contribution in [2.75, 3.05) is 5.32 Å². The zero-order valence-corrected chi connectivity index (χ0v) is 16.3. The van der Waals surface area contributed by atoms with Crippen molar-refractivity contribution in [1.82, 2.24) is 14.4 Å². The molecule has 30 heavy (non-hydrogen) atoms. The van der Waals surface area contributed by atoms with E-state index in [0.717, 1.165) is 11.1 Å². The second kappa shape index (κ2) is 7.98. The third-order valence-corrected chi connectivity index (χ3v) is 4.80. The summed E-state index contributed by atoms with van der Waals surface area (Å²) in [5, 5.41) is 22.7.